The van der Waals surface area contributed by atoms with Crippen molar-refractivity contribution in [2.24, 2.45) is 0 Å². The molecule has 30 heavy (non-hydrogen) atoms. The highest BCUT2D eigenvalue weighted by atomic mass is 19.4. The largest absolute Gasteiger partial charge is 0.513 e. The van der Waals surface area contributed by atoms with Crippen molar-refractivity contribution in [3.8, 4) is 11.3 Å². The SMILES string of the molecule is C/C(O)=C/C(=N)c1ccn2c(-c3cccc(NC(=O)NCC(F)(F)F)c3)cnc2c1. The highest BCUT2D eigenvalue weighted by Gasteiger charge is 2.27. The van der Waals surface area contributed by atoms with E-state index in [0.29, 0.717) is 28.2 Å². The van der Waals surface area contributed by atoms with Crippen LogP contribution in [0.2, 0.25) is 0 Å². The van der Waals surface area contributed by atoms with E-state index in [2.05, 4.69) is 10.3 Å². The van der Waals surface area contributed by atoms with Gasteiger partial charge in [0.05, 0.1) is 23.4 Å². The van der Waals surface area contributed by atoms with Gasteiger partial charge in [-0.25, -0.2) is 9.78 Å². The van der Waals surface area contributed by atoms with Crippen LogP contribution in [0.15, 0.2) is 60.6 Å². The van der Waals surface area contributed by atoms with Crippen molar-refractivity contribution in [3.05, 3.63) is 66.2 Å². The molecule has 0 aliphatic heterocycles. The van der Waals surface area contributed by atoms with Gasteiger partial charge in [0.1, 0.15) is 12.2 Å². The third kappa shape index (κ3) is 5.16. The van der Waals surface area contributed by atoms with Gasteiger partial charge in [0.25, 0.3) is 0 Å². The van der Waals surface area contributed by atoms with Gasteiger partial charge < -0.3 is 21.1 Å². The Bertz CT molecular complexity index is 1130. The molecular formula is C20H18F3N5O2. The number of fused-ring (bicyclic) bond motifs is 1. The summed E-state index contributed by atoms with van der Waals surface area (Å²) in [7, 11) is 0. The Morgan fingerprint density at radius 2 is 2.07 bits per heavy atom. The topological polar surface area (TPSA) is 103 Å². The van der Waals surface area contributed by atoms with E-state index >= 15 is 0 Å². The van der Waals surface area contributed by atoms with Gasteiger partial charge in [-0.1, -0.05) is 12.1 Å². The van der Waals surface area contributed by atoms with E-state index in [9.17, 15) is 23.1 Å². The number of aromatic nitrogens is 2. The zero-order valence-electron chi connectivity index (χ0n) is 15.8. The number of benzene rings is 1. The fourth-order valence-electron chi connectivity index (χ4n) is 2.77. The van der Waals surface area contributed by atoms with Gasteiger partial charge in [0, 0.05) is 29.1 Å². The first-order valence-electron chi connectivity index (χ1n) is 8.78. The fraction of sp³-hybridized carbons (Fsp3) is 0.150. The van der Waals surface area contributed by atoms with Crippen LogP contribution >= 0.6 is 0 Å². The Morgan fingerprint density at radius 1 is 1.30 bits per heavy atom. The molecule has 0 unspecified atom stereocenters. The van der Waals surface area contributed by atoms with Crippen LogP contribution in [0.25, 0.3) is 16.9 Å². The predicted molar refractivity (Wildman–Crippen MR) is 107 cm³/mol. The van der Waals surface area contributed by atoms with E-state index in [-0.39, 0.29) is 11.5 Å². The molecule has 3 aromatic rings. The van der Waals surface area contributed by atoms with E-state index < -0.39 is 18.8 Å². The third-order valence-electron chi connectivity index (χ3n) is 4.04. The first kappa shape index (κ1) is 20.9. The summed E-state index contributed by atoms with van der Waals surface area (Å²) in [5, 5.41) is 21.4. The second-order valence-corrected chi connectivity index (χ2v) is 6.49. The number of hydrogen-bond acceptors (Lipinski definition) is 4. The smallest absolute Gasteiger partial charge is 0.405 e. The minimum atomic E-state index is -4.49. The molecule has 0 saturated heterocycles. The molecule has 2 aromatic heterocycles. The number of aliphatic hydroxyl groups excluding tert-OH is 1. The zero-order valence-corrected chi connectivity index (χ0v) is 15.8. The van der Waals surface area contributed by atoms with Gasteiger partial charge in [-0.3, -0.25) is 4.40 Å². The number of aliphatic hydroxyl groups is 1. The molecule has 0 radical (unpaired) electrons. The lowest BCUT2D eigenvalue weighted by molar-refractivity contribution is -0.122. The van der Waals surface area contributed by atoms with Crippen molar-refractivity contribution in [1.29, 1.82) is 5.41 Å². The molecule has 0 aliphatic carbocycles. The molecule has 0 atom stereocenters. The maximum Gasteiger partial charge on any atom is 0.405 e. The molecule has 0 saturated carbocycles. The van der Waals surface area contributed by atoms with Crippen molar-refractivity contribution in [3.63, 3.8) is 0 Å². The lowest BCUT2D eigenvalue weighted by atomic mass is 10.1. The van der Waals surface area contributed by atoms with E-state index in [1.54, 1.807) is 58.5 Å². The Morgan fingerprint density at radius 3 is 2.77 bits per heavy atom. The Hall–Kier alpha value is -3.82. The lowest BCUT2D eigenvalue weighted by Crippen LogP contribution is -2.36. The number of halogens is 3. The summed E-state index contributed by atoms with van der Waals surface area (Å²) in [5.41, 5.74) is 2.98. The van der Waals surface area contributed by atoms with Crippen molar-refractivity contribution in [1.82, 2.24) is 14.7 Å². The van der Waals surface area contributed by atoms with Crippen LogP contribution in [0, 0.1) is 5.41 Å². The van der Waals surface area contributed by atoms with Gasteiger partial charge in [-0.2, -0.15) is 13.2 Å². The van der Waals surface area contributed by atoms with Crippen LogP contribution in [-0.4, -0.2) is 39.0 Å². The first-order chi connectivity index (χ1) is 14.1. The normalized spacial score (nSPS) is 12.1. The van der Waals surface area contributed by atoms with Gasteiger partial charge in [0.2, 0.25) is 0 Å². The summed E-state index contributed by atoms with van der Waals surface area (Å²) in [6.07, 6.45) is 0.169. The molecule has 0 bridgehead atoms. The molecule has 1 aromatic carbocycles. The van der Waals surface area contributed by atoms with Gasteiger partial charge in [-0.05, 0) is 31.2 Å². The number of pyridine rings is 1. The van der Waals surface area contributed by atoms with Crippen LogP contribution in [-0.2, 0) is 0 Å². The average Bonchev–Trinajstić information content (AvgIpc) is 3.09. The summed E-state index contributed by atoms with van der Waals surface area (Å²) >= 11 is 0. The molecule has 0 aliphatic rings. The quantitative estimate of drug-likeness (QED) is 0.363. The average molecular weight is 417 g/mol. The van der Waals surface area contributed by atoms with Crippen molar-refractivity contribution < 1.29 is 23.1 Å². The van der Waals surface area contributed by atoms with Gasteiger partial charge in [0.15, 0.2) is 0 Å². The summed E-state index contributed by atoms with van der Waals surface area (Å²) in [6.45, 7) is 0.0548. The third-order valence-corrected chi connectivity index (χ3v) is 4.04. The number of nitrogens with one attached hydrogen (secondary N) is 3. The monoisotopic (exact) mass is 417 g/mol. The number of imidazole rings is 1. The maximum atomic E-state index is 12.2. The number of nitrogens with zero attached hydrogens (tertiary/aromatic N) is 2. The second kappa shape index (κ2) is 8.27. The minimum Gasteiger partial charge on any atom is -0.513 e. The molecule has 2 amide bonds. The van der Waals surface area contributed by atoms with Crippen LogP contribution in [0.4, 0.5) is 23.7 Å². The maximum absolute atomic E-state index is 12.2. The van der Waals surface area contributed by atoms with Crippen LogP contribution in [0.5, 0.6) is 0 Å². The second-order valence-electron chi connectivity index (χ2n) is 6.49. The molecule has 2 heterocycles. The lowest BCUT2D eigenvalue weighted by Gasteiger charge is -2.11. The number of urea groups is 1. The van der Waals surface area contributed by atoms with E-state index in [0.717, 1.165) is 0 Å². The van der Waals surface area contributed by atoms with E-state index in [1.165, 1.54) is 13.0 Å². The number of amides is 2. The van der Waals surface area contributed by atoms with E-state index in [1.807, 2.05) is 0 Å². The number of allylic oxidation sites excluding steroid dienone is 2. The molecule has 4 N–H and O–H groups in total. The molecular weight excluding hydrogens is 399 g/mol. The number of carbonyl (C=O) groups excluding carboxylic acids is 1. The molecule has 10 heteroatoms. The fourth-order valence-corrected chi connectivity index (χ4v) is 2.77. The van der Waals surface area contributed by atoms with Gasteiger partial charge >= 0.3 is 12.2 Å². The van der Waals surface area contributed by atoms with E-state index in [4.69, 9.17) is 5.41 Å². The Balaban J connectivity index is 1.82. The molecule has 3 rings (SSSR count). The van der Waals surface area contributed by atoms with Crippen LogP contribution < -0.4 is 10.6 Å². The van der Waals surface area contributed by atoms with Gasteiger partial charge in [-0.15, -0.1) is 0 Å². The minimum absolute atomic E-state index is 0.0208. The summed E-state index contributed by atoms with van der Waals surface area (Å²) in [5.74, 6) is 0.0208. The molecule has 156 valence electrons. The van der Waals surface area contributed by atoms with Crippen molar-refractivity contribution in [2.75, 3.05) is 11.9 Å². The number of hydrogen-bond donors (Lipinski definition) is 4. The van der Waals surface area contributed by atoms with Crippen molar-refractivity contribution >= 4 is 23.1 Å². The number of alkyl halides is 3. The Kier molecular flexibility index (Phi) is 5.77. The number of carbonyl (C=O) groups is 1. The highest BCUT2D eigenvalue weighted by Crippen LogP contribution is 2.24. The number of rotatable bonds is 5. The summed E-state index contributed by atoms with van der Waals surface area (Å²) in [4.78, 5) is 16.0. The number of anilines is 1. The summed E-state index contributed by atoms with van der Waals surface area (Å²) in [6, 6.07) is 9.04. The summed E-state index contributed by atoms with van der Waals surface area (Å²) < 4.78 is 38.4. The zero-order chi connectivity index (χ0) is 21.9. The highest BCUT2D eigenvalue weighted by molar-refractivity contribution is 6.07. The first-order valence-corrected chi connectivity index (χ1v) is 8.78. The predicted octanol–water partition coefficient (Wildman–Crippen LogP) is 4.51. The Labute approximate surface area is 169 Å². The van der Waals surface area contributed by atoms with Crippen LogP contribution in [0.1, 0.15) is 12.5 Å². The van der Waals surface area contributed by atoms with Crippen LogP contribution in [0.3, 0.4) is 0 Å². The van der Waals surface area contributed by atoms with Crippen molar-refractivity contribution in [2.45, 2.75) is 13.1 Å². The molecule has 7 nitrogen and oxygen atoms in total. The molecule has 0 spiro atoms. The molecule has 0 fully saturated rings. The standard InChI is InChI=1S/C20H18F3N5O2/c1-12(29)7-16(24)13-5-6-28-17(10-25-18(28)9-13)14-3-2-4-15(8-14)27-19(30)26-11-20(21,22)23/h2-10,24,29H,11H2,1H3,(H2,26,27,30)/b12-7-,24-16?.